The van der Waals surface area contributed by atoms with Gasteiger partial charge in [0.05, 0.1) is 19.2 Å². The molecule has 23 heavy (non-hydrogen) atoms. The minimum atomic E-state index is -1.33. The number of aliphatic hydroxyl groups is 1. The molecule has 2 rings (SSSR count). The van der Waals surface area contributed by atoms with Gasteiger partial charge < -0.3 is 15.2 Å². The molecule has 2 aromatic carbocycles. The molecule has 0 saturated heterocycles. The van der Waals surface area contributed by atoms with Crippen LogP contribution in [0.5, 0.6) is 5.75 Å². The van der Waals surface area contributed by atoms with Crippen molar-refractivity contribution < 1.29 is 19.0 Å². The van der Waals surface area contributed by atoms with E-state index in [-0.39, 0.29) is 12.4 Å². The summed E-state index contributed by atoms with van der Waals surface area (Å²) in [5.41, 5.74) is -0.516. The molecule has 1 amide bonds. The lowest BCUT2D eigenvalue weighted by atomic mass is 9.96. The minimum absolute atomic E-state index is 0.0384. The molecule has 0 bridgehead atoms. The van der Waals surface area contributed by atoms with Gasteiger partial charge in [0.25, 0.3) is 5.91 Å². The first-order valence-electron chi connectivity index (χ1n) is 6.93. The zero-order valence-corrected chi connectivity index (χ0v) is 13.5. The SMILES string of the molecule is COc1cc(Cl)ccc1C(=O)NCC(C)(O)c1ccc(F)cc1. The van der Waals surface area contributed by atoms with Crippen molar-refractivity contribution in [2.45, 2.75) is 12.5 Å². The zero-order valence-electron chi connectivity index (χ0n) is 12.8. The van der Waals surface area contributed by atoms with Crippen LogP contribution in [0.15, 0.2) is 42.5 Å². The largest absolute Gasteiger partial charge is 0.496 e. The van der Waals surface area contributed by atoms with Crippen LogP contribution in [0.4, 0.5) is 4.39 Å². The highest BCUT2D eigenvalue weighted by atomic mass is 35.5. The van der Waals surface area contributed by atoms with E-state index in [1.54, 1.807) is 19.1 Å². The molecule has 0 aromatic heterocycles. The van der Waals surface area contributed by atoms with Crippen molar-refractivity contribution in [1.82, 2.24) is 5.32 Å². The van der Waals surface area contributed by atoms with Gasteiger partial charge in [0.2, 0.25) is 0 Å². The average molecular weight is 338 g/mol. The van der Waals surface area contributed by atoms with Crippen LogP contribution in [0.3, 0.4) is 0 Å². The fourth-order valence-corrected chi connectivity index (χ4v) is 2.27. The van der Waals surface area contributed by atoms with Crippen LogP contribution in [0, 0.1) is 5.82 Å². The van der Waals surface area contributed by atoms with E-state index in [4.69, 9.17) is 16.3 Å². The summed E-state index contributed by atoms with van der Waals surface area (Å²) in [5, 5.41) is 13.5. The van der Waals surface area contributed by atoms with Gasteiger partial charge in [0, 0.05) is 5.02 Å². The Morgan fingerprint density at radius 3 is 2.57 bits per heavy atom. The Hall–Kier alpha value is -2.11. The van der Waals surface area contributed by atoms with Gasteiger partial charge in [-0.2, -0.15) is 0 Å². The average Bonchev–Trinajstić information content (AvgIpc) is 2.53. The molecule has 0 aliphatic carbocycles. The standard InChI is InChI=1S/C17H17ClFNO3/c1-17(22,11-3-6-13(19)7-4-11)10-20-16(21)14-8-5-12(18)9-15(14)23-2/h3-9,22H,10H2,1-2H3,(H,20,21). The summed E-state index contributed by atoms with van der Waals surface area (Å²) >= 11 is 5.86. The van der Waals surface area contributed by atoms with Crippen LogP contribution < -0.4 is 10.1 Å². The predicted octanol–water partition coefficient (Wildman–Crippen LogP) is 3.13. The maximum absolute atomic E-state index is 13.0. The van der Waals surface area contributed by atoms with Crippen LogP contribution in [0.25, 0.3) is 0 Å². The van der Waals surface area contributed by atoms with Crippen LogP contribution in [0.2, 0.25) is 5.02 Å². The fraction of sp³-hybridized carbons (Fsp3) is 0.235. The second kappa shape index (κ2) is 6.98. The highest BCUT2D eigenvalue weighted by molar-refractivity contribution is 6.30. The van der Waals surface area contributed by atoms with Crippen LogP contribution >= 0.6 is 11.6 Å². The maximum atomic E-state index is 13.0. The zero-order chi connectivity index (χ0) is 17.0. The molecule has 0 radical (unpaired) electrons. The Balaban J connectivity index is 2.10. The number of carbonyl (C=O) groups is 1. The summed E-state index contributed by atoms with van der Waals surface area (Å²) in [6, 6.07) is 10.1. The molecule has 0 aliphatic heterocycles. The summed E-state index contributed by atoms with van der Waals surface area (Å²) in [6.07, 6.45) is 0. The third kappa shape index (κ3) is 4.21. The molecule has 0 heterocycles. The van der Waals surface area contributed by atoms with Crippen molar-refractivity contribution in [3.8, 4) is 5.75 Å². The number of rotatable bonds is 5. The number of carbonyl (C=O) groups excluding carboxylic acids is 1. The second-order valence-corrected chi connectivity index (χ2v) is 5.74. The maximum Gasteiger partial charge on any atom is 0.255 e. The first-order valence-corrected chi connectivity index (χ1v) is 7.31. The molecule has 6 heteroatoms. The summed E-state index contributed by atoms with van der Waals surface area (Å²) in [5.74, 6) is -0.447. The summed E-state index contributed by atoms with van der Waals surface area (Å²) < 4.78 is 18.1. The van der Waals surface area contributed by atoms with Crippen molar-refractivity contribution in [2.24, 2.45) is 0 Å². The monoisotopic (exact) mass is 337 g/mol. The van der Waals surface area contributed by atoms with E-state index in [0.717, 1.165) is 0 Å². The van der Waals surface area contributed by atoms with Gasteiger partial charge in [-0.15, -0.1) is 0 Å². The number of amides is 1. The molecule has 122 valence electrons. The second-order valence-electron chi connectivity index (χ2n) is 5.31. The topological polar surface area (TPSA) is 58.6 Å². The molecule has 2 N–H and O–H groups in total. The van der Waals surface area contributed by atoms with Crippen molar-refractivity contribution in [2.75, 3.05) is 13.7 Å². The smallest absolute Gasteiger partial charge is 0.255 e. The Morgan fingerprint density at radius 2 is 1.96 bits per heavy atom. The third-order valence-electron chi connectivity index (χ3n) is 3.47. The highest BCUT2D eigenvalue weighted by Gasteiger charge is 2.24. The lowest BCUT2D eigenvalue weighted by Crippen LogP contribution is -2.38. The normalized spacial score (nSPS) is 13.3. The van der Waals surface area contributed by atoms with E-state index in [1.165, 1.54) is 37.4 Å². The quantitative estimate of drug-likeness (QED) is 0.881. The van der Waals surface area contributed by atoms with Crippen molar-refractivity contribution in [3.63, 3.8) is 0 Å². The molecule has 1 atom stereocenters. The van der Waals surface area contributed by atoms with Gasteiger partial charge in [-0.3, -0.25) is 4.79 Å². The van der Waals surface area contributed by atoms with Crippen molar-refractivity contribution in [1.29, 1.82) is 0 Å². The summed E-state index contributed by atoms with van der Waals surface area (Å²) in [6.45, 7) is 1.50. The minimum Gasteiger partial charge on any atom is -0.496 e. The number of halogens is 2. The van der Waals surface area contributed by atoms with E-state index >= 15 is 0 Å². The molecule has 0 spiro atoms. The molecule has 0 aliphatic rings. The van der Waals surface area contributed by atoms with Gasteiger partial charge in [-0.1, -0.05) is 23.7 Å². The fourth-order valence-electron chi connectivity index (χ4n) is 2.11. The molecule has 1 unspecified atom stereocenters. The first kappa shape index (κ1) is 17.2. The molecule has 2 aromatic rings. The Bertz CT molecular complexity index is 701. The highest BCUT2D eigenvalue weighted by Crippen LogP contribution is 2.24. The molecular weight excluding hydrogens is 321 g/mol. The lowest BCUT2D eigenvalue weighted by molar-refractivity contribution is 0.0525. The van der Waals surface area contributed by atoms with Gasteiger partial charge >= 0.3 is 0 Å². The van der Waals surface area contributed by atoms with Gasteiger partial charge in [0.15, 0.2) is 0 Å². The molecule has 0 fully saturated rings. The predicted molar refractivity (Wildman–Crippen MR) is 86.3 cm³/mol. The first-order chi connectivity index (χ1) is 10.8. The van der Waals surface area contributed by atoms with Crippen LogP contribution in [0.1, 0.15) is 22.8 Å². The van der Waals surface area contributed by atoms with E-state index in [9.17, 15) is 14.3 Å². The summed E-state index contributed by atoms with van der Waals surface area (Å²) in [4.78, 5) is 12.3. The molecule has 0 saturated carbocycles. The number of nitrogens with one attached hydrogen (secondary N) is 1. The van der Waals surface area contributed by atoms with Crippen molar-refractivity contribution in [3.05, 3.63) is 64.4 Å². The number of ether oxygens (including phenoxy) is 1. The Labute approximate surface area is 138 Å². The van der Waals surface area contributed by atoms with Gasteiger partial charge in [0.1, 0.15) is 17.2 Å². The van der Waals surface area contributed by atoms with Crippen molar-refractivity contribution >= 4 is 17.5 Å². The van der Waals surface area contributed by atoms with E-state index in [0.29, 0.717) is 21.9 Å². The molecule has 4 nitrogen and oxygen atoms in total. The van der Waals surface area contributed by atoms with Crippen LogP contribution in [-0.4, -0.2) is 24.7 Å². The Kier molecular flexibility index (Phi) is 5.23. The van der Waals surface area contributed by atoms with E-state index in [2.05, 4.69) is 5.32 Å². The van der Waals surface area contributed by atoms with E-state index in [1.807, 2.05) is 0 Å². The number of benzene rings is 2. The Morgan fingerprint density at radius 1 is 1.30 bits per heavy atom. The third-order valence-corrected chi connectivity index (χ3v) is 3.70. The van der Waals surface area contributed by atoms with Gasteiger partial charge in [-0.25, -0.2) is 4.39 Å². The van der Waals surface area contributed by atoms with Gasteiger partial charge in [-0.05, 0) is 42.8 Å². The number of hydrogen-bond acceptors (Lipinski definition) is 3. The van der Waals surface area contributed by atoms with E-state index < -0.39 is 11.5 Å². The number of methoxy groups -OCH3 is 1. The lowest BCUT2D eigenvalue weighted by Gasteiger charge is -2.24. The summed E-state index contributed by atoms with van der Waals surface area (Å²) in [7, 11) is 1.44. The van der Waals surface area contributed by atoms with Crippen LogP contribution in [-0.2, 0) is 5.60 Å². The number of hydrogen-bond donors (Lipinski definition) is 2. The molecular formula is C17H17ClFNO3.